The van der Waals surface area contributed by atoms with Crippen LogP contribution in [0.15, 0.2) is 60.0 Å². The van der Waals surface area contributed by atoms with Gasteiger partial charge in [-0.1, -0.05) is 60.1 Å². The molecule has 0 aliphatic carbocycles. The van der Waals surface area contributed by atoms with Gasteiger partial charge in [0, 0.05) is 36.0 Å². The zero-order valence-electron chi connectivity index (χ0n) is 16.1. The number of nitrogens with zero attached hydrogens (tertiary/aromatic N) is 1. The van der Waals surface area contributed by atoms with Crippen molar-refractivity contribution in [3.63, 3.8) is 0 Å². The van der Waals surface area contributed by atoms with Gasteiger partial charge in [-0.3, -0.25) is 4.79 Å². The predicted molar refractivity (Wildman–Crippen MR) is 117 cm³/mol. The fourth-order valence-corrected chi connectivity index (χ4v) is 4.55. The summed E-state index contributed by atoms with van der Waals surface area (Å²) in [5.41, 5.74) is 1.83. The second kappa shape index (κ2) is 10.1. The minimum atomic E-state index is -3.59. The van der Waals surface area contributed by atoms with Crippen molar-refractivity contribution in [3.8, 4) is 0 Å². The third-order valence-corrected chi connectivity index (χ3v) is 6.46. The van der Waals surface area contributed by atoms with Crippen molar-refractivity contribution in [2.75, 3.05) is 13.1 Å². The molecule has 1 atom stereocenters. The van der Waals surface area contributed by atoms with E-state index in [0.29, 0.717) is 11.6 Å². The van der Waals surface area contributed by atoms with E-state index in [1.807, 2.05) is 59.5 Å². The highest BCUT2D eigenvalue weighted by Crippen LogP contribution is 2.25. The molecule has 7 heteroatoms. The summed E-state index contributed by atoms with van der Waals surface area (Å²) in [6, 6.07) is 17.0. The Morgan fingerprint density at radius 1 is 1.14 bits per heavy atom. The number of amides is 1. The number of sulfonamides is 1. The first-order valence-corrected chi connectivity index (χ1v) is 11.6. The second-order valence-electron chi connectivity index (χ2n) is 7.08. The maximum atomic E-state index is 12.6. The molecule has 0 bridgehead atoms. The SMILES string of the molecule is O=C(CCNS(=O)(=O)C=Cc1ccccc1)N1CCCC1Cc1ccccc1Cl. The second-order valence-corrected chi connectivity index (χ2v) is 9.14. The molecule has 2 aromatic rings. The predicted octanol–water partition coefficient (Wildman–Crippen LogP) is 3.85. The summed E-state index contributed by atoms with van der Waals surface area (Å²) in [6.45, 7) is 0.782. The summed E-state index contributed by atoms with van der Waals surface area (Å²) in [7, 11) is -3.59. The van der Waals surface area contributed by atoms with Crippen LogP contribution in [0.2, 0.25) is 5.02 Å². The zero-order chi connectivity index (χ0) is 20.7. The van der Waals surface area contributed by atoms with Crippen molar-refractivity contribution in [2.45, 2.75) is 31.7 Å². The van der Waals surface area contributed by atoms with Crippen LogP contribution in [0, 0.1) is 0 Å². The van der Waals surface area contributed by atoms with Gasteiger partial charge in [-0.2, -0.15) is 0 Å². The summed E-state index contributed by atoms with van der Waals surface area (Å²) >= 11 is 6.25. The van der Waals surface area contributed by atoms with E-state index < -0.39 is 10.0 Å². The van der Waals surface area contributed by atoms with Gasteiger partial charge >= 0.3 is 0 Å². The molecule has 3 rings (SSSR count). The molecule has 0 radical (unpaired) electrons. The molecule has 1 N–H and O–H groups in total. The first-order chi connectivity index (χ1) is 13.9. The Bertz CT molecular complexity index is 961. The Morgan fingerprint density at radius 3 is 2.62 bits per heavy atom. The lowest BCUT2D eigenvalue weighted by atomic mass is 10.0. The van der Waals surface area contributed by atoms with E-state index in [-0.39, 0.29) is 24.9 Å². The summed E-state index contributed by atoms with van der Waals surface area (Å²) in [5, 5.41) is 1.84. The van der Waals surface area contributed by atoms with Gasteiger partial charge in [0.05, 0.1) is 0 Å². The van der Waals surface area contributed by atoms with Crippen LogP contribution in [0.1, 0.15) is 30.4 Å². The topological polar surface area (TPSA) is 66.5 Å². The first-order valence-electron chi connectivity index (χ1n) is 9.70. The van der Waals surface area contributed by atoms with Crippen LogP contribution < -0.4 is 4.72 Å². The van der Waals surface area contributed by atoms with Gasteiger partial charge in [0.25, 0.3) is 0 Å². The smallest absolute Gasteiger partial charge is 0.233 e. The zero-order valence-corrected chi connectivity index (χ0v) is 17.7. The van der Waals surface area contributed by atoms with Crippen molar-refractivity contribution in [1.29, 1.82) is 0 Å². The molecule has 154 valence electrons. The number of nitrogens with one attached hydrogen (secondary N) is 1. The first kappa shape index (κ1) is 21.6. The van der Waals surface area contributed by atoms with Gasteiger partial charge in [-0.15, -0.1) is 0 Å². The molecule has 1 aliphatic heterocycles. The highest BCUT2D eigenvalue weighted by Gasteiger charge is 2.28. The minimum Gasteiger partial charge on any atom is -0.339 e. The molecule has 5 nitrogen and oxygen atoms in total. The molecule has 1 saturated heterocycles. The Labute approximate surface area is 177 Å². The van der Waals surface area contributed by atoms with Gasteiger partial charge in [0.1, 0.15) is 0 Å². The maximum Gasteiger partial charge on any atom is 0.233 e. The van der Waals surface area contributed by atoms with E-state index in [2.05, 4.69) is 4.72 Å². The van der Waals surface area contributed by atoms with E-state index in [1.165, 1.54) is 6.08 Å². The van der Waals surface area contributed by atoms with Gasteiger partial charge in [0.2, 0.25) is 15.9 Å². The van der Waals surface area contributed by atoms with Crippen LogP contribution in [0.3, 0.4) is 0 Å². The number of benzene rings is 2. The van der Waals surface area contributed by atoms with Crippen LogP contribution in [0.5, 0.6) is 0 Å². The summed E-state index contributed by atoms with van der Waals surface area (Å²) in [6.07, 6.45) is 4.27. The molecule has 0 saturated carbocycles. The molecule has 1 unspecified atom stereocenters. The van der Waals surface area contributed by atoms with Crippen molar-refractivity contribution < 1.29 is 13.2 Å². The quantitative estimate of drug-likeness (QED) is 0.688. The largest absolute Gasteiger partial charge is 0.339 e. The normalized spacial score (nSPS) is 17.1. The van der Waals surface area contributed by atoms with Gasteiger partial charge < -0.3 is 4.90 Å². The van der Waals surface area contributed by atoms with Crippen LogP contribution in [-0.4, -0.2) is 38.4 Å². The average molecular weight is 433 g/mol. The van der Waals surface area contributed by atoms with E-state index in [0.717, 1.165) is 35.8 Å². The molecule has 29 heavy (non-hydrogen) atoms. The lowest BCUT2D eigenvalue weighted by molar-refractivity contribution is -0.131. The number of rotatable bonds is 8. The Hall–Kier alpha value is -2.15. The number of carbonyl (C=O) groups excluding carboxylic acids is 1. The Kier molecular flexibility index (Phi) is 7.47. The molecule has 1 amide bonds. The van der Waals surface area contributed by atoms with Gasteiger partial charge in [-0.05, 0) is 42.5 Å². The van der Waals surface area contributed by atoms with E-state index >= 15 is 0 Å². The number of halogens is 1. The maximum absolute atomic E-state index is 12.6. The van der Waals surface area contributed by atoms with E-state index in [4.69, 9.17) is 11.6 Å². The van der Waals surface area contributed by atoms with Gasteiger partial charge in [-0.25, -0.2) is 13.1 Å². The van der Waals surface area contributed by atoms with E-state index in [1.54, 1.807) is 0 Å². The standard InChI is InChI=1S/C22H25ClN2O3S/c23-21-11-5-4-9-19(21)17-20-10-6-15-25(20)22(26)12-14-24-29(27,28)16-13-18-7-2-1-3-8-18/h1-5,7-9,11,13,16,20,24H,6,10,12,14-15,17H2. The van der Waals surface area contributed by atoms with Crippen LogP contribution in [0.4, 0.5) is 0 Å². The Morgan fingerprint density at radius 2 is 1.86 bits per heavy atom. The summed E-state index contributed by atoms with van der Waals surface area (Å²) in [5.74, 6) is -0.0331. The highest BCUT2D eigenvalue weighted by molar-refractivity contribution is 7.92. The molecule has 2 aromatic carbocycles. The molecule has 0 aromatic heterocycles. The van der Waals surface area contributed by atoms with Crippen molar-refractivity contribution in [2.24, 2.45) is 0 Å². The Balaban J connectivity index is 1.50. The third kappa shape index (κ3) is 6.42. The molecular weight excluding hydrogens is 408 g/mol. The van der Waals surface area contributed by atoms with Crippen LogP contribution in [-0.2, 0) is 21.2 Å². The number of hydrogen-bond acceptors (Lipinski definition) is 3. The number of carbonyl (C=O) groups is 1. The van der Waals surface area contributed by atoms with Crippen LogP contribution >= 0.6 is 11.6 Å². The van der Waals surface area contributed by atoms with Crippen molar-refractivity contribution in [3.05, 3.63) is 76.2 Å². The lowest BCUT2D eigenvalue weighted by Crippen LogP contribution is -2.38. The monoisotopic (exact) mass is 432 g/mol. The molecule has 0 spiro atoms. The summed E-state index contributed by atoms with van der Waals surface area (Å²) < 4.78 is 26.7. The molecule has 1 fully saturated rings. The summed E-state index contributed by atoms with van der Waals surface area (Å²) in [4.78, 5) is 14.5. The number of hydrogen-bond donors (Lipinski definition) is 1. The minimum absolute atomic E-state index is 0.0331. The fraction of sp³-hybridized carbons (Fsp3) is 0.318. The van der Waals surface area contributed by atoms with Crippen molar-refractivity contribution in [1.82, 2.24) is 9.62 Å². The third-order valence-electron chi connectivity index (χ3n) is 4.99. The molecular formula is C22H25ClN2O3S. The highest BCUT2D eigenvalue weighted by atomic mass is 35.5. The van der Waals surface area contributed by atoms with Crippen molar-refractivity contribution >= 4 is 33.6 Å². The van der Waals surface area contributed by atoms with Crippen LogP contribution in [0.25, 0.3) is 6.08 Å². The molecule has 1 heterocycles. The van der Waals surface area contributed by atoms with E-state index in [9.17, 15) is 13.2 Å². The average Bonchev–Trinajstić information content (AvgIpc) is 3.17. The molecule has 1 aliphatic rings. The number of likely N-dealkylation sites (tertiary alicyclic amines) is 1. The lowest BCUT2D eigenvalue weighted by Gasteiger charge is -2.25. The fourth-order valence-electron chi connectivity index (χ4n) is 3.52. The van der Waals surface area contributed by atoms with Gasteiger partial charge in [0.15, 0.2) is 0 Å².